The van der Waals surface area contributed by atoms with E-state index in [1.165, 1.54) is 0 Å². The molecule has 2 heterocycles. The number of hydrogen-bond donors (Lipinski definition) is 1. The van der Waals surface area contributed by atoms with Crippen LogP contribution in [0.5, 0.6) is 0 Å². The SMILES string of the molecule is CCCC1(O)CN(CC2CCC(C)(C)O2)C1. The lowest BCUT2D eigenvalue weighted by Gasteiger charge is -2.47. The Morgan fingerprint density at radius 3 is 2.56 bits per heavy atom. The molecule has 0 amide bonds. The summed E-state index contributed by atoms with van der Waals surface area (Å²) in [7, 11) is 0. The molecule has 2 rings (SSSR count). The summed E-state index contributed by atoms with van der Waals surface area (Å²) in [5, 5.41) is 10.1. The van der Waals surface area contributed by atoms with Crippen molar-refractivity contribution in [3.05, 3.63) is 0 Å². The molecule has 2 fully saturated rings. The summed E-state index contributed by atoms with van der Waals surface area (Å²) in [6.45, 7) is 9.12. The molecule has 2 saturated heterocycles. The average Bonchev–Trinajstić information content (AvgIpc) is 2.43. The van der Waals surface area contributed by atoms with Crippen LogP contribution in [-0.4, -0.2) is 46.9 Å². The second kappa shape index (κ2) is 4.28. The zero-order valence-corrected chi connectivity index (χ0v) is 10.8. The number of hydrogen-bond acceptors (Lipinski definition) is 3. The summed E-state index contributed by atoms with van der Waals surface area (Å²) in [6, 6.07) is 0. The summed E-state index contributed by atoms with van der Waals surface area (Å²) < 4.78 is 5.96. The molecule has 0 aromatic rings. The van der Waals surface area contributed by atoms with Crippen LogP contribution in [0.15, 0.2) is 0 Å². The highest BCUT2D eigenvalue weighted by molar-refractivity contribution is 4.96. The Morgan fingerprint density at radius 1 is 1.38 bits per heavy atom. The predicted molar refractivity (Wildman–Crippen MR) is 64.5 cm³/mol. The van der Waals surface area contributed by atoms with Crippen LogP contribution in [0.3, 0.4) is 0 Å². The Morgan fingerprint density at radius 2 is 2.06 bits per heavy atom. The number of nitrogens with zero attached hydrogens (tertiary/aromatic N) is 1. The molecule has 0 saturated carbocycles. The first-order valence-electron chi connectivity index (χ1n) is 6.55. The quantitative estimate of drug-likeness (QED) is 0.795. The van der Waals surface area contributed by atoms with Crippen molar-refractivity contribution < 1.29 is 9.84 Å². The molecular formula is C13H25NO2. The topological polar surface area (TPSA) is 32.7 Å². The Labute approximate surface area is 98.8 Å². The van der Waals surface area contributed by atoms with Gasteiger partial charge < -0.3 is 9.84 Å². The van der Waals surface area contributed by atoms with E-state index in [0.717, 1.165) is 45.3 Å². The maximum Gasteiger partial charge on any atom is 0.0900 e. The lowest BCUT2D eigenvalue weighted by Crippen LogP contribution is -2.62. The highest BCUT2D eigenvalue weighted by atomic mass is 16.5. The maximum absolute atomic E-state index is 10.1. The van der Waals surface area contributed by atoms with Gasteiger partial charge in [-0.15, -0.1) is 0 Å². The van der Waals surface area contributed by atoms with Gasteiger partial charge in [0.25, 0.3) is 0 Å². The fourth-order valence-corrected chi connectivity index (χ4v) is 3.03. The van der Waals surface area contributed by atoms with E-state index in [1.807, 2.05) is 0 Å². The van der Waals surface area contributed by atoms with Crippen molar-refractivity contribution in [2.45, 2.75) is 63.8 Å². The van der Waals surface area contributed by atoms with Gasteiger partial charge in [-0.1, -0.05) is 13.3 Å². The summed E-state index contributed by atoms with van der Waals surface area (Å²) in [6.07, 6.45) is 4.69. The van der Waals surface area contributed by atoms with Crippen LogP contribution in [0.1, 0.15) is 46.5 Å². The molecule has 2 aliphatic rings. The summed E-state index contributed by atoms with van der Waals surface area (Å²) in [4.78, 5) is 2.32. The van der Waals surface area contributed by atoms with Crippen LogP contribution in [0.25, 0.3) is 0 Å². The van der Waals surface area contributed by atoms with Gasteiger partial charge in [0.05, 0.1) is 17.3 Å². The maximum atomic E-state index is 10.1. The molecule has 0 spiro atoms. The van der Waals surface area contributed by atoms with E-state index in [-0.39, 0.29) is 5.60 Å². The van der Waals surface area contributed by atoms with Gasteiger partial charge in [-0.2, -0.15) is 0 Å². The van der Waals surface area contributed by atoms with Crippen molar-refractivity contribution in [2.24, 2.45) is 0 Å². The number of likely N-dealkylation sites (tertiary alicyclic amines) is 1. The minimum atomic E-state index is -0.400. The lowest BCUT2D eigenvalue weighted by atomic mass is 9.89. The monoisotopic (exact) mass is 227 g/mol. The van der Waals surface area contributed by atoms with Gasteiger partial charge in [-0.05, 0) is 33.1 Å². The highest BCUT2D eigenvalue weighted by Crippen LogP contribution is 2.32. The van der Waals surface area contributed by atoms with Crippen molar-refractivity contribution in [2.75, 3.05) is 19.6 Å². The van der Waals surface area contributed by atoms with Gasteiger partial charge in [0.15, 0.2) is 0 Å². The molecule has 0 aromatic carbocycles. The third-order valence-electron chi connectivity index (χ3n) is 3.77. The normalized spacial score (nSPS) is 32.6. The number of aliphatic hydroxyl groups is 1. The van der Waals surface area contributed by atoms with Gasteiger partial charge in [0.1, 0.15) is 0 Å². The highest BCUT2D eigenvalue weighted by Gasteiger charge is 2.42. The minimum absolute atomic E-state index is 0.0647. The van der Waals surface area contributed by atoms with Crippen molar-refractivity contribution >= 4 is 0 Å². The van der Waals surface area contributed by atoms with Crippen LogP contribution in [0.2, 0.25) is 0 Å². The van der Waals surface area contributed by atoms with E-state index in [9.17, 15) is 5.11 Å². The number of ether oxygens (including phenoxy) is 1. The Bertz CT molecular complexity index is 246. The van der Waals surface area contributed by atoms with E-state index in [0.29, 0.717) is 6.10 Å². The molecule has 3 nitrogen and oxygen atoms in total. The summed E-state index contributed by atoms with van der Waals surface area (Å²) in [5.74, 6) is 0. The largest absolute Gasteiger partial charge is 0.387 e. The van der Waals surface area contributed by atoms with Crippen molar-refractivity contribution in [1.82, 2.24) is 4.90 Å². The van der Waals surface area contributed by atoms with Crippen molar-refractivity contribution in [3.63, 3.8) is 0 Å². The lowest BCUT2D eigenvalue weighted by molar-refractivity contribution is -0.122. The minimum Gasteiger partial charge on any atom is -0.387 e. The summed E-state index contributed by atoms with van der Waals surface area (Å²) >= 11 is 0. The van der Waals surface area contributed by atoms with Gasteiger partial charge in [-0.25, -0.2) is 0 Å². The van der Waals surface area contributed by atoms with E-state index >= 15 is 0 Å². The van der Waals surface area contributed by atoms with Crippen molar-refractivity contribution in [1.29, 1.82) is 0 Å². The van der Waals surface area contributed by atoms with Crippen LogP contribution in [0, 0.1) is 0 Å². The molecule has 2 aliphatic heterocycles. The third kappa shape index (κ3) is 2.76. The first-order valence-corrected chi connectivity index (χ1v) is 6.55. The molecule has 94 valence electrons. The van der Waals surface area contributed by atoms with Gasteiger partial charge in [0, 0.05) is 19.6 Å². The molecule has 16 heavy (non-hydrogen) atoms. The fourth-order valence-electron chi connectivity index (χ4n) is 3.03. The predicted octanol–water partition coefficient (Wildman–Crippen LogP) is 1.79. The first kappa shape index (κ1) is 12.3. The second-order valence-electron chi connectivity index (χ2n) is 6.18. The molecule has 0 aliphatic carbocycles. The summed E-state index contributed by atoms with van der Waals surface area (Å²) in [5.41, 5.74) is -0.335. The Hall–Kier alpha value is -0.120. The fraction of sp³-hybridized carbons (Fsp3) is 1.00. The molecule has 1 atom stereocenters. The number of rotatable bonds is 4. The zero-order chi connectivity index (χ0) is 11.8. The molecular weight excluding hydrogens is 202 g/mol. The standard InChI is InChI=1S/C13H25NO2/c1-4-6-13(15)9-14(10-13)8-11-5-7-12(2,3)16-11/h11,15H,4-10H2,1-3H3. The smallest absolute Gasteiger partial charge is 0.0900 e. The molecule has 0 bridgehead atoms. The van der Waals surface area contributed by atoms with Crippen molar-refractivity contribution in [3.8, 4) is 0 Å². The van der Waals surface area contributed by atoms with E-state index in [1.54, 1.807) is 0 Å². The average molecular weight is 227 g/mol. The molecule has 0 radical (unpaired) electrons. The molecule has 0 aromatic heterocycles. The molecule has 1 N–H and O–H groups in total. The second-order valence-corrected chi connectivity index (χ2v) is 6.18. The van der Waals surface area contributed by atoms with Gasteiger partial charge >= 0.3 is 0 Å². The van der Waals surface area contributed by atoms with Crippen LogP contribution in [0.4, 0.5) is 0 Å². The zero-order valence-electron chi connectivity index (χ0n) is 10.8. The number of β-amino-alcohol motifs (C(OH)–C–C–N with tert-alkyl or cyclic N) is 1. The third-order valence-corrected chi connectivity index (χ3v) is 3.77. The van der Waals surface area contributed by atoms with E-state index in [4.69, 9.17) is 4.74 Å². The molecule has 3 heteroatoms. The van der Waals surface area contributed by atoms with E-state index in [2.05, 4.69) is 25.7 Å². The molecule has 1 unspecified atom stereocenters. The van der Waals surface area contributed by atoms with Gasteiger partial charge in [0.2, 0.25) is 0 Å². The Balaban J connectivity index is 1.70. The van der Waals surface area contributed by atoms with Crippen LogP contribution in [-0.2, 0) is 4.74 Å². The first-order chi connectivity index (χ1) is 7.42. The van der Waals surface area contributed by atoms with Gasteiger partial charge in [-0.3, -0.25) is 4.90 Å². The van der Waals surface area contributed by atoms with Crippen LogP contribution >= 0.6 is 0 Å². The Kier molecular flexibility index (Phi) is 3.30. The van der Waals surface area contributed by atoms with Crippen LogP contribution < -0.4 is 0 Å². The van der Waals surface area contributed by atoms with E-state index < -0.39 is 5.60 Å².